The highest BCUT2D eigenvalue weighted by molar-refractivity contribution is 6.45. The van der Waals surface area contributed by atoms with Gasteiger partial charge in [-0.1, -0.05) is 34.8 Å². The number of hydrogen-bond donors (Lipinski definition) is 0. The normalized spacial score (nSPS) is 10.2. The Labute approximate surface area is 136 Å². The van der Waals surface area contributed by atoms with Gasteiger partial charge in [0.2, 0.25) is 0 Å². The molecule has 0 spiro atoms. The van der Waals surface area contributed by atoms with Crippen molar-refractivity contribution in [3.05, 3.63) is 62.6 Å². The molecule has 0 aromatic heterocycles. The van der Waals surface area contributed by atoms with Crippen molar-refractivity contribution in [2.24, 2.45) is 0 Å². The van der Waals surface area contributed by atoms with Crippen LogP contribution in [0.25, 0.3) is 0 Å². The third kappa shape index (κ3) is 3.56. The largest absolute Gasteiger partial charge is 0.485 e. The van der Waals surface area contributed by atoms with Gasteiger partial charge in [-0.25, -0.2) is 0 Å². The van der Waals surface area contributed by atoms with Crippen LogP contribution in [0.4, 0.5) is 0 Å². The second kappa shape index (κ2) is 6.94. The molecule has 21 heavy (non-hydrogen) atoms. The van der Waals surface area contributed by atoms with Gasteiger partial charge in [0.25, 0.3) is 0 Å². The molecule has 0 fully saturated rings. The van der Waals surface area contributed by atoms with Crippen LogP contribution in [0, 0.1) is 0 Å². The molecule has 6 heteroatoms. The van der Waals surface area contributed by atoms with Crippen LogP contribution in [0.3, 0.4) is 0 Å². The van der Waals surface area contributed by atoms with Gasteiger partial charge in [-0.3, -0.25) is 9.59 Å². The Morgan fingerprint density at radius 3 is 2.29 bits per heavy atom. The van der Waals surface area contributed by atoms with Crippen molar-refractivity contribution < 1.29 is 14.3 Å². The number of carbonyl (C=O) groups is 2. The summed E-state index contributed by atoms with van der Waals surface area (Å²) >= 11 is 17.9. The molecule has 0 atom stereocenters. The molecule has 108 valence electrons. The van der Waals surface area contributed by atoms with E-state index in [9.17, 15) is 9.59 Å². The number of rotatable bonds is 5. The van der Waals surface area contributed by atoms with Crippen molar-refractivity contribution in [3.8, 4) is 5.75 Å². The Bertz CT molecular complexity index is 681. The molecule has 0 saturated heterocycles. The molecule has 0 heterocycles. The lowest BCUT2D eigenvalue weighted by Gasteiger charge is -2.10. The minimum Gasteiger partial charge on any atom is -0.485 e. The smallest absolute Gasteiger partial charge is 0.194 e. The van der Waals surface area contributed by atoms with Gasteiger partial charge in [-0.05, 0) is 36.4 Å². The van der Waals surface area contributed by atoms with Crippen LogP contribution in [-0.4, -0.2) is 18.7 Å². The summed E-state index contributed by atoms with van der Waals surface area (Å²) < 4.78 is 5.11. The van der Waals surface area contributed by atoms with Gasteiger partial charge in [0.15, 0.2) is 12.1 Å². The quantitative estimate of drug-likeness (QED) is 0.595. The average molecular weight is 344 g/mol. The van der Waals surface area contributed by atoms with Crippen molar-refractivity contribution in [3.63, 3.8) is 0 Å². The molecule has 0 amide bonds. The maximum Gasteiger partial charge on any atom is 0.194 e. The first-order valence-corrected chi connectivity index (χ1v) is 7.02. The van der Waals surface area contributed by atoms with Gasteiger partial charge in [0.1, 0.15) is 17.4 Å². The minimum atomic E-state index is -0.277. The SMILES string of the molecule is O=CCOc1ccc(C(=O)c2ccc(Cl)cc2)c(Cl)c1Cl. The Hall–Kier alpha value is -1.55. The van der Waals surface area contributed by atoms with E-state index in [0.717, 1.165) is 0 Å². The van der Waals surface area contributed by atoms with Crippen LogP contribution >= 0.6 is 34.8 Å². The number of aldehydes is 1. The molecule has 0 radical (unpaired) electrons. The predicted octanol–water partition coefficient (Wildman–Crippen LogP) is 4.46. The van der Waals surface area contributed by atoms with Crippen LogP contribution < -0.4 is 4.74 Å². The molecule has 0 N–H and O–H groups in total. The molecule has 0 aliphatic rings. The van der Waals surface area contributed by atoms with Crippen molar-refractivity contribution >= 4 is 46.9 Å². The van der Waals surface area contributed by atoms with E-state index in [-0.39, 0.29) is 33.7 Å². The monoisotopic (exact) mass is 342 g/mol. The lowest BCUT2D eigenvalue weighted by atomic mass is 10.0. The standard InChI is InChI=1S/C15H9Cl3O3/c16-10-3-1-9(2-4-10)15(20)11-5-6-12(21-8-7-19)14(18)13(11)17/h1-7H,8H2. The van der Waals surface area contributed by atoms with Gasteiger partial charge in [0, 0.05) is 16.1 Å². The molecule has 0 saturated carbocycles. The highest BCUT2D eigenvalue weighted by Gasteiger charge is 2.18. The molecule has 2 aromatic rings. The van der Waals surface area contributed by atoms with Crippen molar-refractivity contribution in [1.29, 1.82) is 0 Å². The lowest BCUT2D eigenvalue weighted by Crippen LogP contribution is -2.04. The van der Waals surface area contributed by atoms with Crippen LogP contribution in [0.2, 0.25) is 15.1 Å². The fraction of sp³-hybridized carbons (Fsp3) is 0.0667. The van der Waals surface area contributed by atoms with Gasteiger partial charge in [-0.15, -0.1) is 0 Å². The highest BCUT2D eigenvalue weighted by atomic mass is 35.5. The molecule has 0 unspecified atom stereocenters. The summed E-state index contributed by atoms with van der Waals surface area (Å²) in [5.74, 6) is -0.0260. The molecule has 2 aromatic carbocycles. The fourth-order valence-corrected chi connectivity index (χ4v) is 2.29. The maximum absolute atomic E-state index is 12.4. The topological polar surface area (TPSA) is 43.4 Å². The summed E-state index contributed by atoms with van der Waals surface area (Å²) in [6.07, 6.45) is 0.594. The summed E-state index contributed by atoms with van der Waals surface area (Å²) in [6, 6.07) is 9.45. The lowest BCUT2D eigenvalue weighted by molar-refractivity contribution is -0.109. The third-order valence-corrected chi connectivity index (χ3v) is 3.82. The van der Waals surface area contributed by atoms with E-state index in [1.165, 1.54) is 12.1 Å². The molecular formula is C15H9Cl3O3. The number of ether oxygens (including phenoxy) is 1. The average Bonchev–Trinajstić information content (AvgIpc) is 2.49. The molecule has 0 aliphatic carbocycles. The summed E-state index contributed by atoms with van der Waals surface area (Å²) in [7, 11) is 0. The zero-order valence-electron chi connectivity index (χ0n) is 10.6. The summed E-state index contributed by atoms with van der Waals surface area (Å²) in [5.41, 5.74) is 0.696. The number of benzene rings is 2. The molecule has 3 nitrogen and oxygen atoms in total. The highest BCUT2D eigenvalue weighted by Crippen LogP contribution is 2.35. The number of ketones is 1. The maximum atomic E-state index is 12.4. The van der Waals surface area contributed by atoms with E-state index in [2.05, 4.69) is 0 Å². The number of hydrogen-bond acceptors (Lipinski definition) is 3. The van der Waals surface area contributed by atoms with Gasteiger partial charge >= 0.3 is 0 Å². The minimum absolute atomic E-state index is 0.0833. The van der Waals surface area contributed by atoms with E-state index in [0.29, 0.717) is 16.9 Å². The van der Waals surface area contributed by atoms with Crippen LogP contribution in [-0.2, 0) is 4.79 Å². The Kier molecular flexibility index (Phi) is 5.23. The Balaban J connectivity index is 2.36. The Morgan fingerprint density at radius 1 is 1.00 bits per heavy atom. The predicted molar refractivity (Wildman–Crippen MR) is 82.9 cm³/mol. The summed E-state index contributed by atoms with van der Waals surface area (Å²) in [5, 5.41) is 0.714. The first-order valence-electron chi connectivity index (χ1n) is 5.89. The van der Waals surface area contributed by atoms with Gasteiger partial charge in [-0.2, -0.15) is 0 Å². The van der Waals surface area contributed by atoms with Gasteiger partial charge < -0.3 is 4.74 Å². The summed E-state index contributed by atoms with van der Waals surface area (Å²) in [4.78, 5) is 22.7. The van der Waals surface area contributed by atoms with Crippen LogP contribution in [0.5, 0.6) is 5.75 Å². The second-order valence-corrected chi connectivity index (χ2v) is 5.25. The van der Waals surface area contributed by atoms with Crippen molar-refractivity contribution in [2.75, 3.05) is 6.61 Å². The molecule has 2 rings (SSSR count). The van der Waals surface area contributed by atoms with E-state index >= 15 is 0 Å². The van der Waals surface area contributed by atoms with Gasteiger partial charge in [0.05, 0.1) is 5.02 Å². The van der Waals surface area contributed by atoms with E-state index < -0.39 is 0 Å². The first kappa shape index (κ1) is 15.8. The number of carbonyl (C=O) groups excluding carboxylic acids is 2. The zero-order valence-corrected chi connectivity index (χ0v) is 12.9. The van der Waals surface area contributed by atoms with Crippen LogP contribution in [0.15, 0.2) is 36.4 Å². The van der Waals surface area contributed by atoms with E-state index in [4.69, 9.17) is 39.5 Å². The van der Waals surface area contributed by atoms with E-state index in [1.54, 1.807) is 24.3 Å². The molecule has 0 aliphatic heterocycles. The third-order valence-electron chi connectivity index (χ3n) is 2.70. The molecule has 0 bridgehead atoms. The fourth-order valence-electron chi connectivity index (χ4n) is 1.70. The first-order chi connectivity index (χ1) is 10.0. The second-order valence-electron chi connectivity index (χ2n) is 4.05. The Morgan fingerprint density at radius 2 is 1.67 bits per heavy atom. The number of halogens is 3. The zero-order chi connectivity index (χ0) is 15.4. The molecular weight excluding hydrogens is 335 g/mol. The van der Waals surface area contributed by atoms with Crippen LogP contribution in [0.1, 0.15) is 15.9 Å². The van der Waals surface area contributed by atoms with Crippen molar-refractivity contribution in [2.45, 2.75) is 0 Å². The summed E-state index contributed by atoms with van der Waals surface area (Å²) in [6.45, 7) is -0.138. The van der Waals surface area contributed by atoms with E-state index in [1.807, 2.05) is 0 Å². The van der Waals surface area contributed by atoms with Crippen molar-refractivity contribution in [1.82, 2.24) is 0 Å².